The van der Waals surface area contributed by atoms with Crippen molar-refractivity contribution in [1.82, 2.24) is 5.32 Å². The highest BCUT2D eigenvalue weighted by atomic mass is 16.5. The van der Waals surface area contributed by atoms with Gasteiger partial charge in [-0.25, -0.2) is 0 Å². The summed E-state index contributed by atoms with van der Waals surface area (Å²) in [5.74, 6) is 0.0352. The summed E-state index contributed by atoms with van der Waals surface area (Å²) < 4.78 is 10.4. The lowest BCUT2D eigenvalue weighted by Gasteiger charge is -2.22. The number of amides is 1. The van der Waals surface area contributed by atoms with Gasteiger partial charge in [-0.05, 0) is 25.0 Å². The number of carbonyl (C=O) groups excluding carboxylic acids is 1. The van der Waals surface area contributed by atoms with Crippen molar-refractivity contribution in [2.24, 2.45) is 5.92 Å². The summed E-state index contributed by atoms with van der Waals surface area (Å²) in [6.45, 7) is 6.98. The van der Waals surface area contributed by atoms with Crippen LogP contribution in [0.3, 0.4) is 0 Å². The van der Waals surface area contributed by atoms with E-state index in [9.17, 15) is 9.90 Å². The lowest BCUT2D eigenvalue weighted by atomic mass is 10.0. The molecule has 0 heterocycles. The van der Waals surface area contributed by atoms with Crippen LogP contribution >= 0.6 is 0 Å². The van der Waals surface area contributed by atoms with Crippen LogP contribution in [-0.4, -0.2) is 37.4 Å². The molecule has 0 aliphatic carbocycles. The van der Waals surface area contributed by atoms with Gasteiger partial charge < -0.3 is 19.9 Å². The number of ether oxygens (including phenoxy) is 2. The number of carbonyl (C=O) groups is 1. The Morgan fingerprint density at radius 3 is 2.65 bits per heavy atom. The van der Waals surface area contributed by atoms with Crippen LogP contribution in [0.4, 0.5) is 0 Å². The molecule has 20 heavy (non-hydrogen) atoms. The molecule has 1 aromatic carbocycles. The highest BCUT2D eigenvalue weighted by molar-refractivity contribution is 5.97. The van der Waals surface area contributed by atoms with E-state index in [1.54, 1.807) is 18.2 Å². The lowest BCUT2D eigenvalue weighted by molar-refractivity contribution is 0.0803. The Morgan fingerprint density at radius 2 is 2.10 bits per heavy atom. The molecule has 0 saturated heterocycles. The highest BCUT2D eigenvalue weighted by Gasteiger charge is 2.20. The van der Waals surface area contributed by atoms with Crippen LogP contribution in [-0.2, 0) is 4.74 Å². The minimum atomic E-state index is -0.334. The van der Waals surface area contributed by atoms with E-state index in [0.29, 0.717) is 13.2 Å². The summed E-state index contributed by atoms with van der Waals surface area (Å²) in [5.41, 5.74) is 0.200. The van der Waals surface area contributed by atoms with Crippen molar-refractivity contribution in [3.63, 3.8) is 0 Å². The Bertz CT molecular complexity index is 445. The van der Waals surface area contributed by atoms with Crippen molar-refractivity contribution in [1.29, 1.82) is 0 Å². The number of phenolic OH excluding ortho intramolecular Hbond substituents is 1. The SMILES string of the molecule is CCOCC(NC(=O)c1cccc(OC)c1O)C(C)C. The van der Waals surface area contributed by atoms with Gasteiger partial charge in [-0.1, -0.05) is 19.9 Å². The van der Waals surface area contributed by atoms with E-state index in [-0.39, 0.29) is 34.9 Å². The average Bonchev–Trinajstić information content (AvgIpc) is 2.43. The standard InChI is InChI=1S/C15H23NO4/c1-5-20-9-12(10(2)3)16-15(18)11-7-6-8-13(19-4)14(11)17/h6-8,10,12,17H,5,9H2,1-4H3,(H,16,18). The van der Waals surface area contributed by atoms with Gasteiger partial charge in [0.15, 0.2) is 11.5 Å². The molecular weight excluding hydrogens is 258 g/mol. The molecule has 1 amide bonds. The molecule has 112 valence electrons. The van der Waals surface area contributed by atoms with Crippen LogP contribution in [0.5, 0.6) is 11.5 Å². The summed E-state index contributed by atoms with van der Waals surface area (Å²) in [5, 5.41) is 12.8. The molecule has 1 atom stereocenters. The van der Waals surface area contributed by atoms with E-state index in [1.807, 2.05) is 20.8 Å². The molecule has 0 radical (unpaired) electrons. The molecule has 5 heteroatoms. The number of nitrogens with one attached hydrogen (secondary N) is 1. The van der Waals surface area contributed by atoms with Gasteiger partial charge in [0.2, 0.25) is 0 Å². The third-order valence-corrected chi connectivity index (χ3v) is 3.09. The summed E-state index contributed by atoms with van der Waals surface area (Å²) in [7, 11) is 1.45. The number of benzene rings is 1. The first-order valence-corrected chi connectivity index (χ1v) is 6.75. The Labute approximate surface area is 119 Å². The number of hydrogen-bond donors (Lipinski definition) is 2. The van der Waals surface area contributed by atoms with Gasteiger partial charge >= 0.3 is 0 Å². The smallest absolute Gasteiger partial charge is 0.255 e. The monoisotopic (exact) mass is 281 g/mol. The van der Waals surface area contributed by atoms with Gasteiger partial charge in [-0.15, -0.1) is 0 Å². The van der Waals surface area contributed by atoms with E-state index >= 15 is 0 Å². The summed E-state index contributed by atoms with van der Waals surface area (Å²) in [6.07, 6.45) is 0. The maximum atomic E-state index is 12.2. The molecule has 0 fully saturated rings. The molecule has 0 aromatic heterocycles. The first-order chi connectivity index (χ1) is 9.51. The fourth-order valence-electron chi connectivity index (χ4n) is 1.76. The number of para-hydroxylation sites is 1. The Morgan fingerprint density at radius 1 is 1.40 bits per heavy atom. The fourth-order valence-corrected chi connectivity index (χ4v) is 1.76. The Hall–Kier alpha value is -1.75. The largest absolute Gasteiger partial charge is 0.504 e. The fraction of sp³-hybridized carbons (Fsp3) is 0.533. The molecule has 2 N–H and O–H groups in total. The van der Waals surface area contributed by atoms with Crippen molar-refractivity contribution >= 4 is 5.91 Å². The van der Waals surface area contributed by atoms with Crippen LogP contribution in [0.15, 0.2) is 18.2 Å². The lowest BCUT2D eigenvalue weighted by Crippen LogP contribution is -2.41. The third-order valence-electron chi connectivity index (χ3n) is 3.09. The normalized spacial score (nSPS) is 12.2. The molecule has 1 aromatic rings. The first kappa shape index (κ1) is 16.3. The maximum Gasteiger partial charge on any atom is 0.255 e. The second-order valence-corrected chi connectivity index (χ2v) is 4.84. The molecule has 0 bridgehead atoms. The van der Waals surface area contributed by atoms with Crippen LogP contribution < -0.4 is 10.1 Å². The van der Waals surface area contributed by atoms with E-state index in [0.717, 1.165) is 0 Å². The minimum Gasteiger partial charge on any atom is -0.504 e. The van der Waals surface area contributed by atoms with Gasteiger partial charge in [-0.2, -0.15) is 0 Å². The summed E-state index contributed by atoms with van der Waals surface area (Å²) in [4.78, 5) is 12.2. The van der Waals surface area contributed by atoms with Crippen LogP contribution in [0.25, 0.3) is 0 Å². The van der Waals surface area contributed by atoms with Gasteiger partial charge in [0, 0.05) is 6.61 Å². The second kappa shape index (κ2) is 7.75. The molecule has 5 nitrogen and oxygen atoms in total. The van der Waals surface area contributed by atoms with E-state index in [1.165, 1.54) is 7.11 Å². The van der Waals surface area contributed by atoms with Crippen molar-refractivity contribution in [2.75, 3.05) is 20.3 Å². The molecule has 1 unspecified atom stereocenters. The van der Waals surface area contributed by atoms with Crippen LogP contribution in [0.2, 0.25) is 0 Å². The van der Waals surface area contributed by atoms with Crippen LogP contribution in [0.1, 0.15) is 31.1 Å². The Kier molecular flexibility index (Phi) is 6.31. The van der Waals surface area contributed by atoms with E-state index in [2.05, 4.69) is 5.32 Å². The van der Waals surface area contributed by atoms with E-state index < -0.39 is 0 Å². The van der Waals surface area contributed by atoms with Gasteiger partial charge in [0.05, 0.1) is 25.3 Å². The minimum absolute atomic E-state index is 0.104. The summed E-state index contributed by atoms with van der Waals surface area (Å²) in [6, 6.07) is 4.73. The maximum absolute atomic E-state index is 12.2. The predicted octanol–water partition coefficient (Wildman–Crippen LogP) is 2.19. The zero-order valence-corrected chi connectivity index (χ0v) is 12.5. The topological polar surface area (TPSA) is 67.8 Å². The van der Waals surface area contributed by atoms with Gasteiger partial charge in [0.25, 0.3) is 5.91 Å². The van der Waals surface area contributed by atoms with Crippen molar-refractivity contribution in [3.8, 4) is 11.5 Å². The highest BCUT2D eigenvalue weighted by Crippen LogP contribution is 2.29. The number of aromatic hydroxyl groups is 1. The predicted molar refractivity (Wildman–Crippen MR) is 77.2 cm³/mol. The molecule has 0 spiro atoms. The molecule has 0 aliphatic rings. The van der Waals surface area contributed by atoms with Crippen molar-refractivity contribution < 1.29 is 19.4 Å². The first-order valence-electron chi connectivity index (χ1n) is 6.75. The zero-order valence-electron chi connectivity index (χ0n) is 12.5. The number of hydrogen-bond acceptors (Lipinski definition) is 4. The quantitative estimate of drug-likeness (QED) is 0.804. The van der Waals surface area contributed by atoms with Crippen molar-refractivity contribution in [3.05, 3.63) is 23.8 Å². The van der Waals surface area contributed by atoms with E-state index in [4.69, 9.17) is 9.47 Å². The molecular formula is C15H23NO4. The molecule has 0 saturated carbocycles. The number of methoxy groups -OCH3 is 1. The number of phenols is 1. The summed E-state index contributed by atoms with van der Waals surface area (Å²) >= 11 is 0. The number of rotatable bonds is 7. The zero-order chi connectivity index (χ0) is 15.1. The van der Waals surface area contributed by atoms with Gasteiger partial charge in [-0.3, -0.25) is 4.79 Å². The average molecular weight is 281 g/mol. The van der Waals surface area contributed by atoms with Crippen molar-refractivity contribution in [2.45, 2.75) is 26.8 Å². The third kappa shape index (κ3) is 4.13. The van der Waals surface area contributed by atoms with Gasteiger partial charge in [0.1, 0.15) is 0 Å². The Balaban J connectivity index is 2.83. The molecule has 0 aliphatic heterocycles. The van der Waals surface area contributed by atoms with Crippen LogP contribution in [0, 0.1) is 5.92 Å². The second-order valence-electron chi connectivity index (χ2n) is 4.84. The molecule has 1 rings (SSSR count).